The summed E-state index contributed by atoms with van der Waals surface area (Å²) in [5.41, 5.74) is 3.40. The number of hydrazone groups is 1. The molecular formula is C18H17ClN4O4. The summed E-state index contributed by atoms with van der Waals surface area (Å²) in [6.07, 6.45) is 1.23. The zero-order valence-corrected chi connectivity index (χ0v) is 15.4. The second kappa shape index (κ2) is 8.91. The van der Waals surface area contributed by atoms with Crippen molar-refractivity contribution in [1.82, 2.24) is 5.43 Å². The fourth-order valence-corrected chi connectivity index (χ4v) is 2.13. The van der Waals surface area contributed by atoms with Crippen LogP contribution in [0.15, 0.2) is 47.6 Å². The van der Waals surface area contributed by atoms with Gasteiger partial charge in [-0.1, -0.05) is 25.4 Å². The van der Waals surface area contributed by atoms with E-state index in [1.54, 1.807) is 38.1 Å². The lowest BCUT2D eigenvalue weighted by molar-refractivity contribution is -0.384. The molecule has 0 atom stereocenters. The predicted molar refractivity (Wildman–Crippen MR) is 103 cm³/mol. The van der Waals surface area contributed by atoms with Crippen molar-refractivity contribution in [2.24, 2.45) is 11.0 Å². The molecule has 2 amide bonds. The molecule has 0 unspecified atom stereocenters. The van der Waals surface area contributed by atoms with E-state index in [4.69, 9.17) is 11.6 Å². The summed E-state index contributed by atoms with van der Waals surface area (Å²) < 4.78 is 0. The smallest absolute Gasteiger partial charge is 0.271 e. The number of nitro benzene ring substituents is 1. The van der Waals surface area contributed by atoms with E-state index >= 15 is 0 Å². The molecule has 8 nitrogen and oxygen atoms in total. The van der Waals surface area contributed by atoms with Crippen LogP contribution in [-0.2, 0) is 4.79 Å². The van der Waals surface area contributed by atoms with E-state index in [1.165, 1.54) is 24.4 Å². The quantitative estimate of drug-likeness (QED) is 0.447. The molecule has 2 N–H and O–H groups in total. The number of nitro groups is 1. The van der Waals surface area contributed by atoms with Crippen molar-refractivity contribution in [1.29, 1.82) is 0 Å². The Bertz CT molecular complexity index is 895. The van der Waals surface area contributed by atoms with E-state index in [1.807, 2.05) is 0 Å². The number of nitrogens with zero attached hydrogens (tertiary/aromatic N) is 2. The third-order valence-corrected chi connectivity index (χ3v) is 3.84. The first-order chi connectivity index (χ1) is 12.8. The van der Waals surface area contributed by atoms with Gasteiger partial charge < -0.3 is 5.32 Å². The molecule has 0 fully saturated rings. The molecule has 2 rings (SSSR count). The van der Waals surface area contributed by atoms with Gasteiger partial charge in [0.1, 0.15) is 0 Å². The number of halogens is 1. The topological polar surface area (TPSA) is 114 Å². The molecule has 0 aromatic heterocycles. The van der Waals surface area contributed by atoms with Crippen LogP contribution < -0.4 is 10.7 Å². The summed E-state index contributed by atoms with van der Waals surface area (Å²) >= 11 is 5.95. The molecule has 0 saturated heterocycles. The van der Waals surface area contributed by atoms with E-state index in [0.717, 1.165) is 0 Å². The summed E-state index contributed by atoms with van der Waals surface area (Å²) in [6, 6.07) is 10.2. The van der Waals surface area contributed by atoms with Crippen molar-refractivity contribution < 1.29 is 14.5 Å². The van der Waals surface area contributed by atoms with Crippen LogP contribution in [0.3, 0.4) is 0 Å². The standard InChI is InChI=1S/C18H17ClN4O4/c1-11(2)17(24)21-14-5-3-12(4-6-14)18(25)22-20-10-13-9-15(23(26)27)7-8-16(13)19/h3-11H,1-2H3,(H,21,24)(H,22,25)/b20-10+. The highest BCUT2D eigenvalue weighted by molar-refractivity contribution is 6.33. The number of nitrogens with one attached hydrogen (secondary N) is 2. The average Bonchev–Trinajstić information content (AvgIpc) is 2.63. The van der Waals surface area contributed by atoms with Gasteiger partial charge in [-0.3, -0.25) is 19.7 Å². The van der Waals surface area contributed by atoms with Crippen molar-refractivity contribution in [2.75, 3.05) is 5.32 Å². The Morgan fingerprint density at radius 2 is 1.85 bits per heavy atom. The molecule has 0 bridgehead atoms. The third kappa shape index (κ3) is 5.61. The van der Waals surface area contributed by atoms with Gasteiger partial charge in [0.2, 0.25) is 5.91 Å². The number of non-ortho nitro benzene ring substituents is 1. The number of carbonyl (C=O) groups is 2. The molecule has 0 aliphatic rings. The van der Waals surface area contributed by atoms with Crippen LogP contribution >= 0.6 is 11.6 Å². The first kappa shape index (κ1) is 20.1. The number of anilines is 1. The lowest BCUT2D eigenvalue weighted by Crippen LogP contribution is -2.19. The van der Waals surface area contributed by atoms with Crippen LogP contribution in [-0.4, -0.2) is 23.0 Å². The summed E-state index contributed by atoms with van der Waals surface area (Å²) in [7, 11) is 0. The summed E-state index contributed by atoms with van der Waals surface area (Å²) in [6.45, 7) is 3.56. The van der Waals surface area contributed by atoms with Crippen LogP contribution in [0.5, 0.6) is 0 Å². The van der Waals surface area contributed by atoms with Crippen LogP contribution in [0, 0.1) is 16.0 Å². The second-order valence-corrected chi connectivity index (χ2v) is 6.29. The zero-order valence-electron chi connectivity index (χ0n) is 14.6. The number of carbonyl (C=O) groups excluding carboxylic acids is 2. The second-order valence-electron chi connectivity index (χ2n) is 5.88. The molecule has 2 aromatic rings. The highest BCUT2D eigenvalue weighted by Crippen LogP contribution is 2.20. The van der Waals surface area contributed by atoms with Crippen LogP contribution in [0.25, 0.3) is 0 Å². The van der Waals surface area contributed by atoms with E-state index < -0.39 is 10.8 Å². The highest BCUT2D eigenvalue weighted by Gasteiger charge is 2.10. The van der Waals surface area contributed by atoms with E-state index in [0.29, 0.717) is 16.8 Å². The van der Waals surface area contributed by atoms with E-state index in [2.05, 4.69) is 15.8 Å². The van der Waals surface area contributed by atoms with Crippen molar-refractivity contribution in [3.63, 3.8) is 0 Å². The molecule has 0 saturated carbocycles. The molecule has 9 heteroatoms. The van der Waals surface area contributed by atoms with Gasteiger partial charge in [-0.25, -0.2) is 5.43 Å². The Balaban J connectivity index is 2.01. The molecule has 0 radical (unpaired) electrons. The monoisotopic (exact) mass is 388 g/mol. The Kier molecular flexibility index (Phi) is 6.62. The molecule has 0 aliphatic carbocycles. The molecule has 0 heterocycles. The SMILES string of the molecule is CC(C)C(=O)Nc1ccc(C(=O)N/N=C/c2cc([N+](=O)[O-])ccc2Cl)cc1. The third-order valence-electron chi connectivity index (χ3n) is 3.50. The Morgan fingerprint density at radius 3 is 2.44 bits per heavy atom. The molecule has 27 heavy (non-hydrogen) atoms. The van der Waals surface area contributed by atoms with Crippen LogP contribution in [0.1, 0.15) is 29.8 Å². The summed E-state index contributed by atoms with van der Waals surface area (Å²) in [5.74, 6) is -0.747. The van der Waals surface area contributed by atoms with Gasteiger partial charge in [0.05, 0.1) is 11.1 Å². The van der Waals surface area contributed by atoms with Gasteiger partial charge in [-0.2, -0.15) is 5.10 Å². The number of amides is 2. The first-order valence-electron chi connectivity index (χ1n) is 7.96. The summed E-state index contributed by atoms with van der Waals surface area (Å²) in [5, 5.41) is 17.5. The lowest BCUT2D eigenvalue weighted by atomic mass is 10.1. The number of benzene rings is 2. The van der Waals surface area contributed by atoms with E-state index in [-0.39, 0.29) is 22.5 Å². The van der Waals surface area contributed by atoms with Gasteiger partial charge in [-0.15, -0.1) is 0 Å². The molecule has 0 spiro atoms. The van der Waals surface area contributed by atoms with Gasteiger partial charge in [-0.05, 0) is 30.3 Å². The van der Waals surface area contributed by atoms with Crippen LogP contribution in [0.2, 0.25) is 5.02 Å². The lowest BCUT2D eigenvalue weighted by Gasteiger charge is -2.08. The minimum Gasteiger partial charge on any atom is -0.326 e. The van der Waals surface area contributed by atoms with Gasteiger partial charge in [0.15, 0.2) is 0 Å². The maximum Gasteiger partial charge on any atom is 0.271 e. The summed E-state index contributed by atoms with van der Waals surface area (Å²) in [4.78, 5) is 34.0. The van der Waals surface area contributed by atoms with E-state index in [9.17, 15) is 19.7 Å². The predicted octanol–water partition coefficient (Wildman–Crippen LogP) is 3.61. The molecule has 2 aromatic carbocycles. The molecular weight excluding hydrogens is 372 g/mol. The largest absolute Gasteiger partial charge is 0.326 e. The fourth-order valence-electron chi connectivity index (χ4n) is 1.96. The number of hydrogen-bond acceptors (Lipinski definition) is 5. The Morgan fingerprint density at radius 1 is 1.19 bits per heavy atom. The van der Waals surface area contributed by atoms with Crippen molar-refractivity contribution in [3.8, 4) is 0 Å². The van der Waals surface area contributed by atoms with Crippen molar-refractivity contribution >= 4 is 41.0 Å². The fraction of sp³-hybridized carbons (Fsp3) is 0.167. The number of hydrogen-bond donors (Lipinski definition) is 2. The Hall–Kier alpha value is -3.26. The van der Waals surface area contributed by atoms with Gasteiger partial charge >= 0.3 is 0 Å². The first-order valence-corrected chi connectivity index (χ1v) is 8.34. The molecule has 140 valence electrons. The normalized spacial score (nSPS) is 10.8. The minimum atomic E-state index is -0.550. The van der Waals surface area contributed by atoms with Crippen molar-refractivity contribution in [3.05, 3.63) is 68.7 Å². The number of rotatable bonds is 6. The molecule has 0 aliphatic heterocycles. The Labute approximate surface area is 160 Å². The minimum absolute atomic E-state index is 0.120. The van der Waals surface area contributed by atoms with Gasteiger partial charge in [0, 0.05) is 39.9 Å². The highest BCUT2D eigenvalue weighted by atomic mass is 35.5. The zero-order chi connectivity index (χ0) is 20.0. The van der Waals surface area contributed by atoms with Crippen molar-refractivity contribution in [2.45, 2.75) is 13.8 Å². The van der Waals surface area contributed by atoms with Crippen LogP contribution in [0.4, 0.5) is 11.4 Å². The maximum atomic E-state index is 12.1. The maximum absolute atomic E-state index is 12.1. The average molecular weight is 389 g/mol. The van der Waals surface area contributed by atoms with Gasteiger partial charge in [0.25, 0.3) is 11.6 Å².